The lowest BCUT2D eigenvalue weighted by atomic mass is 9.96. The molecule has 0 aliphatic heterocycles. The van der Waals surface area contributed by atoms with Crippen LogP contribution in [0.5, 0.6) is 5.75 Å². The number of nitrogens with zero attached hydrogens (tertiary/aromatic N) is 1. The van der Waals surface area contributed by atoms with Crippen LogP contribution in [0.1, 0.15) is 36.8 Å². The van der Waals surface area contributed by atoms with Gasteiger partial charge in [-0.2, -0.15) is 5.26 Å². The maximum absolute atomic E-state index is 15.0. The third-order valence-electron chi connectivity index (χ3n) is 7.51. The van der Waals surface area contributed by atoms with Gasteiger partial charge in [0.05, 0.1) is 11.1 Å². The molecule has 0 bridgehead atoms. The van der Waals surface area contributed by atoms with Crippen LogP contribution < -0.4 is 4.74 Å². The third kappa shape index (κ3) is 7.69. The topological polar surface area (TPSA) is 50.1 Å². The fourth-order valence-electron chi connectivity index (χ4n) is 5.13. The van der Waals surface area contributed by atoms with E-state index in [2.05, 4.69) is 0 Å². The van der Waals surface area contributed by atoms with Crippen molar-refractivity contribution < 1.29 is 40.3 Å². The van der Waals surface area contributed by atoms with E-state index in [9.17, 15) is 35.5 Å². The van der Waals surface area contributed by atoms with Crippen molar-refractivity contribution in [1.82, 2.24) is 0 Å². The van der Waals surface area contributed by atoms with Crippen molar-refractivity contribution >= 4 is 5.97 Å². The SMILES string of the molecule is N#Cc1ccc(-c2c(F)cc(-c3ccc(CCCCCC(=O)Oc4ccc(-c5ccc(F)c(F)c5)c(F)c4)cc3F)cc2F)cc1F. The zero-order valence-corrected chi connectivity index (χ0v) is 24.5. The van der Waals surface area contributed by atoms with Crippen molar-refractivity contribution in [3.63, 3.8) is 0 Å². The molecule has 0 unspecified atom stereocenters. The molecule has 5 rings (SSSR count). The van der Waals surface area contributed by atoms with E-state index in [-0.39, 0.29) is 45.6 Å². The largest absolute Gasteiger partial charge is 0.426 e. The lowest BCUT2D eigenvalue weighted by Gasteiger charge is -2.11. The Morgan fingerprint density at radius 2 is 1.21 bits per heavy atom. The molecule has 10 heteroatoms. The highest BCUT2D eigenvalue weighted by molar-refractivity contribution is 5.74. The van der Waals surface area contributed by atoms with E-state index in [1.54, 1.807) is 12.1 Å². The van der Waals surface area contributed by atoms with E-state index in [1.807, 2.05) is 0 Å². The van der Waals surface area contributed by atoms with Crippen molar-refractivity contribution in [2.24, 2.45) is 0 Å². The summed E-state index contributed by atoms with van der Waals surface area (Å²) in [5.74, 6) is -7.21. The monoisotopic (exact) mass is 647 g/mol. The molecule has 5 aromatic carbocycles. The molecule has 47 heavy (non-hydrogen) atoms. The van der Waals surface area contributed by atoms with E-state index >= 15 is 0 Å². The minimum absolute atomic E-state index is 0.0166. The van der Waals surface area contributed by atoms with Gasteiger partial charge in [-0.1, -0.05) is 30.7 Å². The number of rotatable bonds is 10. The normalized spacial score (nSPS) is 10.9. The predicted octanol–water partition coefficient (Wildman–Crippen LogP) is 10.2. The Kier molecular flexibility index (Phi) is 10.0. The summed E-state index contributed by atoms with van der Waals surface area (Å²) in [6, 6.07) is 17.7. The zero-order valence-electron chi connectivity index (χ0n) is 24.5. The van der Waals surface area contributed by atoms with Gasteiger partial charge in [-0.25, -0.2) is 30.7 Å². The first-order chi connectivity index (χ1) is 22.5. The van der Waals surface area contributed by atoms with Crippen LogP contribution in [-0.2, 0) is 11.2 Å². The van der Waals surface area contributed by atoms with E-state index < -0.39 is 52.3 Å². The van der Waals surface area contributed by atoms with Crippen molar-refractivity contribution in [3.05, 3.63) is 137 Å². The number of carbonyl (C=O) groups is 1. The molecule has 0 heterocycles. The highest BCUT2D eigenvalue weighted by Crippen LogP contribution is 2.33. The first-order valence-electron chi connectivity index (χ1n) is 14.5. The first kappa shape index (κ1) is 32.9. The van der Waals surface area contributed by atoms with Gasteiger partial charge in [-0.15, -0.1) is 0 Å². The summed E-state index contributed by atoms with van der Waals surface area (Å²) in [7, 11) is 0. The van der Waals surface area contributed by atoms with Crippen LogP contribution in [0, 0.1) is 52.1 Å². The summed E-state index contributed by atoms with van der Waals surface area (Å²) in [4.78, 5) is 12.2. The van der Waals surface area contributed by atoms with E-state index in [1.165, 1.54) is 36.4 Å². The van der Waals surface area contributed by atoms with Crippen LogP contribution in [0.4, 0.5) is 30.7 Å². The minimum atomic E-state index is -1.11. The van der Waals surface area contributed by atoms with Crippen LogP contribution in [0.2, 0.25) is 0 Å². The molecule has 5 aromatic rings. The standard InChI is InChI=1S/C37H24F7NO2/c38-29-13-9-22(15-33(29)42)27-12-10-26(19-32(27)41)47-36(46)5-3-1-2-4-21-6-11-28(31(40)14-21)25-17-34(43)37(35(44)18-25)23-7-8-24(20-45)30(39)16-23/h6-19H,1-5H2. The average molecular weight is 648 g/mol. The molecular weight excluding hydrogens is 623 g/mol. The van der Waals surface area contributed by atoms with Crippen LogP contribution >= 0.6 is 0 Å². The molecule has 0 aromatic heterocycles. The molecule has 3 nitrogen and oxygen atoms in total. The van der Waals surface area contributed by atoms with Gasteiger partial charge in [0.1, 0.15) is 40.9 Å². The van der Waals surface area contributed by atoms with Crippen LogP contribution in [-0.4, -0.2) is 5.97 Å². The molecular formula is C37H24F7NO2. The molecule has 0 saturated carbocycles. The molecule has 0 amide bonds. The van der Waals surface area contributed by atoms with E-state index in [0.717, 1.165) is 42.5 Å². The Morgan fingerprint density at radius 3 is 1.87 bits per heavy atom. The van der Waals surface area contributed by atoms with Gasteiger partial charge < -0.3 is 4.74 Å². The fourth-order valence-corrected chi connectivity index (χ4v) is 5.13. The van der Waals surface area contributed by atoms with Gasteiger partial charge in [0.25, 0.3) is 0 Å². The van der Waals surface area contributed by atoms with Gasteiger partial charge >= 0.3 is 5.97 Å². The van der Waals surface area contributed by atoms with Crippen molar-refractivity contribution in [2.45, 2.75) is 32.1 Å². The second-order valence-corrected chi connectivity index (χ2v) is 10.7. The van der Waals surface area contributed by atoms with Crippen LogP contribution in [0.15, 0.2) is 84.9 Å². The van der Waals surface area contributed by atoms with Gasteiger partial charge in [0.2, 0.25) is 0 Å². The maximum Gasteiger partial charge on any atom is 0.311 e. The number of halogens is 7. The van der Waals surface area contributed by atoms with Crippen LogP contribution in [0.3, 0.4) is 0 Å². The Balaban J connectivity index is 1.12. The fraction of sp³-hybridized carbons (Fsp3) is 0.135. The maximum atomic E-state index is 15.0. The second-order valence-electron chi connectivity index (χ2n) is 10.7. The molecule has 0 spiro atoms. The number of benzene rings is 5. The predicted molar refractivity (Wildman–Crippen MR) is 161 cm³/mol. The molecule has 0 aliphatic rings. The number of nitriles is 1. The second kappa shape index (κ2) is 14.3. The quantitative estimate of drug-likeness (QED) is 0.0656. The molecule has 0 atom stereocenters. The Labute approximate surface area is 265 Å². The molecule has 0 aliphatic carbocycles. The average Bonchev–Trinajstić information content (AvgIpc) is 3.02. The third-order valence-corrected chi connectivity index (χ3v) is 7.51. The highest BCUT2D eigenvalue weighted by Gasteiger charge is 2.18. The molecule has 0 radical (unpaired) electrons. The lowest BCUT2D eigenvalue weighted by Crippen LogP contribution is -2.08. The van der Waals surface area contributed by atoms with E-state index in [0.29, 0.717) is 31.2 Å². The summed E-state index contributed by atoms with van der Waals surface area (Å²) in [6.07, 6.45) is 2.15. The molecule has 0 N–H and O–H groups in total. The Hall–Kier alpha value is -5.43. The smallest absolute Gasteiger partial charge is 0.311 e. The summed E-state index contributed by atoms with van der Waals surface area (Å²) in [6.45, 7) is 0. The Morgan fingerprint density at radius 1 is 0.574 bits per heavy atom. The van der Waals surface area contributed by atoms with Gasteiger partial charge in [-0.3, -0.25) is 4.79 Å². The van der Waals surface area contributed by atoms with Crippen molar-refractivity contribution in [3.8, 4) is 45.2 Å². The van der Waals surface area contributed by atoms with Gasteiger partial charge in [-0.05, 0) is 96.1 Å². The molecule has 0 fully saturated rings. The summed E-state index contributed by atoms with van der Waals surface area (Å²) >= 11 is 0. The number of aryl methyl sites for hydroxylation is 1. The zero-order chi connectivity index (χ0) is 33.7. The number of carbonyl (C=O) groups excluding carboxylic acids is 1. The summed E-state index contributed by atoms with van der Waals surface area (Å²) < 4.78 is 105. The number of hydrogen-bond acceptors (Lipinski definition) is 3. The minimum Gasteiger partial charge on any atom is -0.426 e. The Bertz CT molecular complexity index is 2000. The van der Waals surface area contributed by atoms with E-state index in [4.69, 9.17) is 10.00 Å². The van der Waals surface area contributed by atoms with Crippen molar-refractivity contribution in [1.29, 1.82) is 5.26 Å². The van der Waals surface area contributed by atoms with Crippen molar-refractivity contribution in [2.75, 3.05) is 0 Å². The summed E-state index contributed by atoms with van der Waals surface area (Å²) in [5, 5.41) is 8.87. The number of ether oxygens (including phenoxy) is 1. The first-order valence-corrected chi connectivity index (χ1v) is 14.5. The molecule has 238 valence electrons. The summed E-state index contributed by atoms with van der Waals surface area (Å²) in [5.41, 5.74) is -0.151. The highest BCUT2D eigenvalue weighted by atomic mass is 19.2. The number of unbranched alkanes of at least 4 members (excludes halogenated alkanes) is 2. The number of hydrogen-bond donors (Lipinski definition) is 0. The molecule has 0 saturated heterocycles. The van der Waals surface area contributed by atoms with Crippen LogP contribution in [0.25, 0.3) is 33.4 Å². The van der Waals surface area contributed by atoms with Gasteiger partial charge in [0, 0.05) is 23.6 Å². The lowest BCUT2D eigenvalue weighted by molar-refractivity contribution is -0.134. The number of esters is 1. The van der Waals surface area contributed by atoms with Gasteiger partial charge in [0.15, 0.2) is 11.6 Å².